The topological polar surface area (TPSA) is 185 Å². The second-order valence-electron chi connectivity index (χ2n) is 11.7. The number of esters is 1. The molecule has 4 rings (SSSR count). The Bertz CT molecular complexity index is 1400. The number of unbranched alkanes of at least 4 members (excludes halogenated alkanes) is 1. The van der Waals surface area contributed by atoms with E-state index in [1.807, 2.05) is 6.92 Å². The lowest BCUT2D eigenvalue weighted by atomic mass is 9.52. The van der Waals surface area contributed by atoms with Crippen molar-refractivity contribution in [2.45, 2.75) is 44.2 Å². The fourth-order valence-electron chi connectivity index (χ4n) is 6.72. The maximum atomic E-state index is 14.0. The number of hydrogen-bond acceptors (Lipinski definition) is 11. The Morgan fingerprint density at radius 3 is 2.38 bits per heavy atom. The van der Waals surface area contributed by atoms with Gasteiger partial charge in [0.05, 0.1) is 24.1 Å². The number of nitrogens with two attached hydrogens (primary N) is 1. The van der Waals surface area contributed by atoms with Gasteiger partial charge in [-0.3, -0.25) is 28.9 Å². The highest BCUT2D eigenvalue weighted by atomic mass is 16.5. The Hall–Kier alpha value is -3.90. The van der Waals surface area contributed by atoms with E-state index in [9.17, 15) is 39.0 Å². The molecule has 226 valence electrons. The maximum Gasteiger partial charge on any atom is 0.330 e. The maximum absolute atomic E-state index is 14.0. The summed E-state index contributed by atoms with van der Waals surface area (Å²) in [6, 6.07) is 0.449. The standard InChI is InChI=1S/C30H37N3O9/c1-6-7-10-42-19(34)9-8-14-13-18(32(2)3)16-11-15-12-17-23(33(4)5)26(37)22(29(31)40)28(39)30(17,41)27(38)20(15)25(36)21(16)24(14)35/h8-9,13,15,17,20,22-23,35,41H,6-7,10-12H2,1-5H3,(H2,31,40)/b9-8+/t15-,17-,20?,22?,23-,30-/m0/s1. The molecule has 0 bridgehead atoms. The third-order valence-corrected chi connectivity index (χ3v) is 8.69. The molecular weight excluding hydrogens is 546 g/mol. The number of fused-ring (bicyclic) bond motifs is 3. The van der Waals surface area contributed by atoms with Crippen LogP contribution in [0.2, 0.25) is 0 Å². The fraction of sp³-hybridized carbons (Fsp3) is 0.533. The lowest BCUT2D eigenvalue weighted by Gasteiger charge is -2.52. The fourth-order valence-corrected chi connectivity index (χ4v) is 6.72. The molecule has 3 aliphatic rings. The SMILES string of the molecule is CCCCOC(=O)/C=C/c1cc(N(C)C)c2c(c1O)C(=O)C1C(=O)[C@]3(O)C(=O)C(C(N)=O)C(=O)[C@@H](N(C)C)[C@@H]3C[C@@H]1C2. The van der Waals surface area contributed by atoms with Gasteiger partial charge in [-0.25, -0.2) is 4.79 Å². The molecule has 0 radical (unpaired) electrons. The van der Waals surface area contributed by atoms with Gasteiger partial charge in [-0.1, -0.05) is 13.3 Å². The van der Waals surface area contributed by atoms with E-state index >= 15 is 0 Å². The molecule has 6 atom stereocenters. The van der Waals surface area contributed by atoms with Crippen LogP contribution in [0.5, 0.6) is 5.75 Å². The Balaban J connectivity index is 1.81. The van der Waals surface area contributed by atoms with Gasteiger partial charge in [0.1, 0.15) is 5.75 Å². The van der Waals surface area contributed by atoms with Gasteiger partial charge in [0.25, 0.3) is 0 Å². The zero-order valence-electron chi connectivity index (χ0n) is 24.4. The number of primary amides is 1. The molecule has 2 fully saturated rings. The number of benzene rings is 1. The lowest BCUT2D eigenvalue weighted by Crippen LogP contribution is -2.74. The number of aromatic hydroxyl groups is 1. The Labute approximate surface area is 243 Å². The van der Waals surface area contributed by atoms with E-state index in [2.05, 4.69) is 0 Å². The van der Waals surface area contributed by atoms with Gasteiger partial charge in [-0.2, -0.15) is 0 Å². The van der Waals surface area contributed by atoms with E-state index in [0.717, 1.165) is 12.5 Å². The van der Waals surface area contributed by atoms with Crippen LogP contribution in [-0.2, 0) is 35.1 Å². The first-order chi connectivity index (χ1) is 19.7. The molecule has 12 heteroatoms. The zero-order chi connectivity index (χ0) is 31.3. The van der Waals surface area contributed by atoms with E-state index in [1.165, 1.54) is 25.1 Å². The Kier molecular flexibility index (Phi) is 8.43. The Morgan fingerprint density at radius 2 is 1.81 bits per heavy atom. The number of phenolic OH excluding ortho intramolecular Hbond substituents is 1. The predicted octanol–water partition coefficient (Wildman–Crippen LogP) is 0.290. The summed E-state index contributed by atoms with van der Waals surface area (Å²) < 4.78 is 5.12. The summed E-state index contributed by atoms with van der Waals surface area (Å²) in [4.78, 5) is 82.1. The monoisotopic (exact) mass is 583 g/mol. The largest absolute Gasteiger partial charge is 0.507 e. The molecule has 0 aromatic heterocycles. The van der Waals surface area contributed by atoms with E-state index in [-0.39, 0.29) is 30.6 Å². The Morgan fingerprint density at radius 1 is 1.14 bits per heavy atom. The number of anilines is 1. The third-order valence-electron chi connectivity index (χ3n) is 8.69. The highest BCUT2D eigenvalue weighted by Crippen LogP contribution is 2.52. The number of phenols is 1. The van der Waals surface area contributed by atoms with Crippen LogP contribution in [0.4, 0.5) is 5.69 Å². The lowest BCUT2D eigenvalue weighted by molar-refractivity contribution is -0.181. The minimum atomic E-state index is -2.80. The van der Waals surface area contributed by atoms with Crippen molar-refractivity contribution < 1.29 is 43.7 Å². The second-order valence-corrected chi connectivity index (χ2v) is 11.7. The first kappa shape index (κ1) is 31.0. The number of likely N-dealkylation sites (N-methyl/N-ethyl adjacent to an activating group) is 1. The van der Waals surface area contributed by atoms with Crippen LogP contribution in [0.25, 0.3) is 6.08 Å². The number of amides is 1. The molecule has 12 nitrogen and oxygen atoms in total. The zero-order valence-corrected chi connectivity index (χ0v) is 24.4. The van der Waals surface area contributed by atoms with Crippen molar-refractivity contribution in [3.63, 3.8) is 0 Å². The molecule has 0 aliphatic heterocycles. The molecule has 0 spiro atoms. The van der Waals surface area contributed by atoms with E-state index in [4.69, 9.17) is 10.5 Å². The number of carbonyl (C=O) groups excluding carboxylic acids is 6. The number of nitrogens with zero attached hydrogens (tertiary/aromatic N) is 2. The summed E-state index contributed by atoms with van der Waals surface area (Å²) in [7, 11) is 6.55. The number of rotatable bonds is 8. The molecule has 2 unspecified atom stereocenters. The summed E-state index contributed by atoms with van der Waals surface area (Å²) in [6.45, 7) is 2.19. The number of aliphatic hydroxyl groups is 1. The first-order valence-corrected chi connectivity index (χ1v) is 13.9. The molecule has 0 heterocycles. The summed E-state index contributed by atoms with van der Waals surface area (Å²) in [6.07, 6.45) is 4.08. The van der Waals surface area contributed by atoms with Gasteiger partial charge < -0.3 is 25.6 Å². The van der Waals surface area contributed by atoms with Gasteiger partial charge in [0.15, 0.2) is 34.7 Å². The van der Waals surface area contributed by atoms with Crippen molar-refractivity contribution in [1.82, 2.24) is 4.90 Å². The molecule has 0 saturated heterocycles. The smallest absolute Gasteiger partial charge is 0.330 e. The number of carbonyl (C=O) groups is 6. The van der Waals surface area contributed by atoms with Gasteiger partial charge in [0, 0.05) is 37.3 Å². The highest BCUT2D eigenvalue weighted by Gasteiger charge is 2.69. The van der Waals surface area contributed by atoms with Crippen LogP contribution in [0.1, 0.15) is 47.7 Å². The molecule has 3 aliphatic carbocycles. The van der Waals surface area contributed by atoms with Crippen LogP contribution in [0.15, 0.2) is 12.1 Å². The summed E-state index contributed by atoms with van der Waals surface area (Å²) in [5, 5.41) is 23.0. The average molecular weight is 584 g/mol. The van der Waals surface area contributed by atoms with Crippen LogP contribution >= 0.6 is 0 Å². The van der Waals surface area contributed by atoms with Gasteiger partial charge >= 0.3 is 5.97 Å². The van der Waals surface area contributed by atoms with E-state index in [1.54, 1.807) is 25.1 Å². The number of Topliss-reactive ketones (excluding diaryl/α,β-unsaturated/α-hetero) is 4. The molecule has 1 aromatic carbocycles. The normalized spacial score (nSPS) is 28.9. The quantitative estimate of drug-likeness (QED) is 0.165. The van der Waals surface area contributed by atoms with E-state index in [0.29, 0.717) is 17.7 Å². The van der Waals surface area contributed by atoms with Crippen LogP contribution < -0.4 is 10.6 Å². The minimum absolute atomic E-state index is 0.0389. The minimum Gasteiger partial charge on any atom is -0.507 e. The van der Waals surface area contributed by atoms with Crippen molar-refractivity contribution in [1.29, 1.82) is 0 Å². The van der Waals surface area contributed by atoms with Gasteiger partial charge in [0.2, 0.25) is 5.91 Å². The van der Waals surface area contributed by atoms with Crippen molar-refractivity contribution in [3.8, 4) is 5.75 Å². The van der Waals surface area contributed by atoms with E-state index < -0.39 is 76.1 Å². The van der Waals surface area contributed by atoms with Crippen molar-refractivity contribution in [2.75, 3.05) is 39.7 Å². The molecule has 42 heavy (non-hydrogen) atoms. The predicted molar refractivity (Wildman–Crippen MR) is 151 cm³/mol. The average Bonchev–Trinajstić information content (AvgIpc) is 2.89. The number of ketones is 4. The van der Waals surface area contributed by atoms with Crippen LogP contribution in [0.3, 0.4) is 0 Å². The van der Waals surface area contributed by atoms with Crippen LogP contribution in [0, 0.1) is 23.7 Å². The van der Waals surface area contributed by atoms with Crippen molar-refractivity contribution >= 4 is 46.8 Å². The van der Waals surface area contributed by atoms with Crippen molar-refractivity contribution in [3.05, 3.63) is 28.8 Å². The summed E-state index contributed by atoms with van der Waals surface area (Å²) in [5.41, 5.74) is 3.59. The molecule has 2 saturated carbocycles. The molecule has 4 N–H and O–H groups in total. The summed E-state index contributed by atoms with van der Waals surface area (Å²) in [5.74, 6) is -11.8. The summed E-state index contributed by atoms with van der Waals surface area (Å²) >= 11 is 0. The third kappa shape index (κ3) is 4.82. The van der Waals surface area contributed by atoms with Crippen molar-refractivity contribution in [2.24, 2.45) is 29.4 Å². The van der Waals surface area contributed by atoms with Gasteiger partial charge in [-0.05, 0) is 57.0 Å². The molecule has 1 aromatic rings. The molecule has 1 amide bonds. The highest BCUT2D eigenvalue weighted by molar-refractivity contribution is 6.32. The van der Waals surface area contributed by atoms with Gasteiger partial charge in [-0.15, -0.1) is 0 Å². The number of hydrogen-bond donors (Lipinski definition) is 3. The first-order valence-electron chi connectivity index (χ1n) is 13.9. The number of ether oxygens (including phenoxy) is 1. The second kappa shape index (κ2) is 11.4. The van der Waals surface area contributed by atoms with Crippen LogP contribution in [-0.4, -0.2) is 96.6 Å². The molecular formula is C30H37N3O9.